The highest BCUT2D eigenvalue weighted by atomic mass is 16.4. The standard InChI is InChI=1S/C15H28N2O2/c1-16-15(14(18)19)9-7-8-13(12-15)17-10-5-3-2-4-6-11-17/h13,16H,2-12H2,1H3,(H,18,19). The zero-order valence-electron chi connectivity index (χ0n) is 12.2. The van der Waals surface area contributed by atoms with E-state index in [1.165, 1.54) is 32.1 Å². The number of carbonyl (C=O) groups is 1. The summed E-state index contributed by atoms with van der Waals surface area (Å²) < 4.78 is 0. The van der Waals surface area contributed by atoms with Gasteiger partial charge in [-0.1, -0.05) is 19.3 Å². The van der Waals surface area contributed by atoms with E-state index in [1.54, 1.807) is 7.05 Å². The molecule has 110 valence electrons. The number of carboxylic acid groups (broad SMARTS) is 1. The number of rotatable bonds is 3. The molecule has 19 heavy (non-hydrogen) atoms. The van der Waals surface area contributed by atoms with Crippen molar-refractivity contribution >= 4 is 5.97 Å². The first-order valence-corrected chi connectivity index (χ1v) is 7.84. The molecule has 2 fully saturated rings. The molecule has 1 aliphatic carbocycles. The van der Waals surface area contributed by atoms with Crippen LogP contribution in [0.25, 0.3) is 0 Å². The van der Waals surface area contributed by atoms with E-state index in [0.717, 1.165) is 38.8 Å². The van der Waals surface area contributed by atoms with E-state index < -0.39 is 11.5 Å². The highest BCUT2D eigenvalue weighted by Gasteiger charge is 2.43. The van der Waals surface area contributed by atoms with Crippen molar-refractivity contribution in [2.75, 3.05) is 20.1 Å². The van der Waals surface area contributed by atoms with Crippen LogP contribution in [0.2, 0.25) is 0 Å². The van der Waals surface area contributed by atoms with Gasteiger partial charge in [0.2, 0.25) is 0 Å². The Morgan fingerprint density at radius 3 is 2.37 bits per heavy atom. The summed E-state index contributed by atoms with van der Waals surface area (Å²) in [6, 6.07) is 0.454. The van der Waals surface area contributed by atoms with Crippen LogP contribution in [0, 0.1) is 0 Å². The summed E-state index contributed by atoms with van der Waals surface area (Å²) in [6.45, 7) is 2.31. The van der Waals surface area contributed by atoms with Gasteiger partial charge in [0, 0.05) is 6.04 Å². The number of hydrogen-bond donors (Lipinski definition) is 2. The molecule has 0 bridgehead atoms. The Labute approximate surface area is 116 Å². The Kier molecular flexibility index (Phi) is 5.22. The largest absolute Gasteiger partial charge is 0.480 e. The van der Waals surface area contributed by atoms with Gasteiger partial charge in [0.05, 0.1) is 0 Å². The van der Waals surface area contributed by atoms with E-state index in [-0.39, 0.29) is 0 Å². The van der Waals surface area contributed by atoms with Crippen molar-refractivity contribution in [3.63, 3.8) is 0 Å². The topological polar surface area (TPSA) is 52.6 Å². The zero-order valence-corrected chi connectivity index (χ0v) is 12.2. The lowest BCUT2D eigenvalue weighted by Crippen LogP contribution is -2.57. The summed E-state index contributed by atoms with van der Waals surface area (Å²) in [5, 5.41) is 12.6. The van der Waals surface area contributed by atoms with Gasteiger partial charge in [0.15, 0.2) is 0 Å². The van der Waals surface area contributed by atoms with E-state index in [1.807, 2.05) is 0 Å². The van der Waals surface area contributed by atoms with E-state index in [4.69, 9.17) is 0 Å². The molecular formula is C15H28N2O2. The Morgan fingerprint density at radius 2 is 1.79 bits per heavy atom. The third-order valence-corrected chi connectivity index (χ3v) is 5.02. The monoisotopic (exact) mass is 268 g/mol. The molecule has 1 saturated heterocycles. The first kappa shape index (κ1) is 14.8. The maximum Gasteiger partial charge on any atom is 0.323 e. The van der Waals surface area contributed by atoms with Gasteiger partial charge in [-0.05, 0) is 58.7 Å². The molecule has 4 heteroatoms. The molecule has 0 aromatic carbocycles. The van der Waals surface area contributed by atoms with Crippen molar-refractivity contribution in [1.82, 2.24) is 10.2 Å². The van der Waals surface area contributed by atoms with Gasteiger partial charge in [-0.3, -0.25) is 4.79 Å². The molecule has 1 saturated carbocycles. The van der Waals surface area contributed by atoms with Crippen LogP contribution in [0.5, 0.6) is 0 Å². The second-order valence-corrected chi connectivity index (χ2v) is 6.19. The third kappa shape index (κ3) is 3.48. The van der Waals surface area contributed by atoms with Crippen LogP contribution in [-0.2, 0) is 4.79 Å². The first-order chi connectivity index (χ1) is 9.18. The lowest BCUT2D eigenvalue weighted by Gasteiger charge is -2.43. The molecule has 0 aromatic rings. The number of carboxylic acids is 1. The second kappa shape index (κ2) is 6.71. The molecular weight excluding hydrogens is 240 g/mol. The van der Waals surface area contributed by atoms with E-state index >= 15 is 0 Å². The quantitative estimate of drug-likeness (QED) is 0.824. The number of hydrogen-bond acceptors (Lipinski definition) is 3. The molecule has 0 radical (unpaired) electrons. The smallest absolute Gasteiger partial charge is 0.323 e. The summed E-state index contributed by atoms with van der Waals surface area (Å²) in [4.78, 5) is 14.1. The maximum absolute atomic E-state index is 11.6. The average molecular weight is 268 g/mol. The van der Waals surface area contributed by atoms with Crippen LogP contribution in [0.3, 0.4) is 0 Å². The highest BCUT2D eigenvalue weighted by molar-refractivity contribution is 5.79. The Bertz CT molecular complexity index is 301. The van der Waals surface area contributed by atoms with Crippen molar-refractivity contribution in [3.8, 4) is 0 Å². The van der Waals surface area contributed by atoms with Crippen molar-refractivity contribution in [2.45, 2.75) is 69.4 Å². The number of aliphatic carboxylic acids is 1. The summed E-state index contributed by atoms with van der Waals surface area (Å²) in [7, 11) is 1.80. The van der Waals surface area contributed by atoms with Crippen molar-refractivity contribution in [1.29, 1.82) is 0 Å². The molecule has 1 heterocycles. The molecule has 2 unspecified atom stereocenters. The molecule has 1 aliphatic heterocycles. The molecule has 2 N–H and O–H groups in total. The number of nitrogens with zero attached hydrogens (tertiary/aromatic N) is 1. The van der Waals surface area contributed by atoms with E-state index in [9.17, 15) is 9.90 Å². The summed E-state index contributed by atoms with van der Waals surface area (Å²) in [5.41, 5.74) is -0.689. The molecule has 2 aliphatic rings. The fraction of sp³-hybridized carbons (Fsp3) is 0.933. The minimum Gasteiger partial charge on any atom is -0.480 e. The summed E-state index contributed by atoms with van der Waals surface area (Å²) >= 11 is 0. The molecule has 2 atom stereocenters. The van der Waals surface area contributed by atoms with Gasteiger partial charge in [-0.15, -0.1) is 0 Å². The van der Waals surface area contributed by atoms with Crippen molar-refractivity contribution < 1.29 is 9.90 Å². The summed E-state index contributed by atoms with van der Waals surface area (Å²) in [6.07, 6.45) is 10.3. The van der Waals surface area contributed by atoms with Crippen LogP contribution in [0.4, 0.5) is 0 Å². The minimum atomic E-state index is -0.689. The Morgan fingerprint density at radius 1 is 1.16 bits per heavy atom. The fourth-order valence-corrected chi connectivity index (χ4v) is 3.72. The van der Waals surface area contributed by atoms with Gasteiger partial charge >= 0.3 is 5.97 Å². The lowest BCUT2D eigenvalue weighted by atomic mass is 9.78. The predicted octanol–water partition coefficient (Wildman–Crippen LogP) is 2.24. The van der Waals surface area contributed by atoms with Gasteiger partial charge in [-0.2, -0.15) is 0 Å². The van der Waals surface area contributed by atoms with E-state index in [0.29, 0.717) is 6.04 Å². The van der Waals surface area contributed by atoms with Gasteiger partial charge in [-0.25, -0.2) is 0 Å². The SMILES string of the molecule is CNC1(C(=O)O)CCCC(N2CCCCCCC2)C1. The van der Waals surface area contributed by atoms with Gasteiger partial charge in [0.25, 0.3) is 0 Å². The normalized spacial score (nSPS) is 34.5. The van der Waals surface area contributed by atoms with Crippen LogP contribution < -0.4 is 5.32 Å². The molecule has 0 aromatic heterocycles. The van der Waals surface area contributed by atoms with Crippen molar-refractivity contribution in [3.05, 3.63) is 0 Å². The van der Waals surface area contributed by atoms with Crippen LogP contribution >= 0.6 is 0 Å². The average Bonchev–Trinajstić information content (AvgIpc) is 2.38. The Hall–Kier alpha value is -0.610. The Balaban J connectivity index is 2.00. The van der Waals surface area contributed by atoms with Gasteiger partial charge < -0.3 is 15.3 Å². The number of likely N-dealkylation sites (tertiary alicyclic amines) is 1. The van der Waals surface area contributed by atoms with Crippen LogP contribution in [-0.4, -0.2) is 47.7 Å². The molecule has 2 rings (SSSR count). The van der Waals surface area contributed by atoms with Crippen LogP contribution in [0.1, 0.15) is 57.8 Å². The van der Waals surface area contributed by atoms with Gasteiger partial charge in [0.1, 0.15) is 5.54 Å². The summed E-state index contributed by atoms with van der Waals surface area (Å²) in [5.74, 6) is -0.674. The van der Waals surface area contributed by atoms with E-state index in [2.05, 4.69) is 10.2 Å². The molecule has 4 nitrogen and oxygen atoms in total. The fourth-order valence-electron chi connectivity index (χ4n) is 3.72. The van der Waals surface area contributed by atoms with Crippen molar-refractivity contribution in [2.24, 2.45) is 0 Å². The molecule has 0 amide bonds. The first-order valence-electron chi connectivity index (χ1n) is 7.84. The molecule has 0 spiro atoms. The second-order valence-electron chi connectivity index (χ2n) is 6.19. The maximum atomic E-state index is 11.6. The predicted molar refractivity (Wildman–Crippen MR) is 76.3 cm³/mol. The number of likely N-dealkylation sites (N-methyl/N-ethyl adjacent to an activating group) is 1. The lowest BCUT2D eigenvalue weighted by molar-refractivity contribution is -0.147. The third-order valence-electron chi connectivity index (χ3n) is 5.02. The highest BCUT2D eigenvalue weighted by Crippen LogP contribution is 2.32. The minimum absolute atomic E-state index is 0.454. The zero-order chi connectivity index (χ0) is 13.7. The number of nitrogens with one attached hydrogen (secondary N) is 1. The van der Waals surface area contributed by atoms with Crippen LogP contribution in [0.15, 0.2) is 0 Å².